The summed E-state index contributed by atoms with van der Waals surface area (Å²) in [7, 11) is 1.48. The molecular weight excluding hydrogens is 870 g/mol. The SMILES string of the molecule is CCCCCCCCCCCCCCCCOc1ccc(C(O)C2SCC(c3ccc(OP(=O)([O-])OCC[N+](C)(C)C)cc3)CS2)cc1OCCCCCCCCCCCCCCCC. The molecule has 1 N–H and O–H groups in total. The normalized spacial score (nSPS) is 16.9. The molecule has 8 nitrogen and oxygen atoms in total. The lowest BCUT2D eigenvalue weighted by atomic mass is 10.0. The van der Waals surface area contributed by atoms with Crippen LogP contribution in [0.2, 0.25) is 0 Å². The van der Waals surface area contributed by atoms with Crippen molar-refractivity contribution < 1.29 is 37.6 Å². The number of phosphoric acid groups is 1. The lowest BCUT2D eigenvalue weighted by Crippen LogP contribution is -2.37. The highest BCUT2D eigenvalue weighted by Crippen LogP contribution is 2.46. The lowest BCUT2D eigenvalue weighted by molar-refractivity contribution is -0.870. The number of hydrogen-bond donors (Lipinski definition) is 1. The van der Waals surface area contributed by atoms with Gasteiger partial charge in [-0.05, 0) is 48.2 Å². The molecule has 0 spiro atoms. The average molecular weight is 964 g/mol. The van der Waals surface area contributed by atoms with Crippen molar-refractivity contribution in [2.24, 2.45) is 0 Å². The molecule has 2 aromatic carbocycles. The number of benzene rings is 2. The Bertz CT molecular complexity index is 1500. The van der Waals surface area contributed by atoms with Gasteiger partial charge in [-0.3, -0.25) is 4.57 Å². The van der Waals surface area contributed by atoms with Crippen LogP contribution in [-0.2, 0) is 9.09 Å². The number of ether oxygens (including phenoxy) is 2. The second kappa shape index (κ2) is 35.7. The third kappa shape index (κ3) is 28.0. The Morgan fingerprint density at radius 2 is 1.02 bits per heavy atom. The van der Waals surface area contributed by atoms with E-state index in [9.17, 15) is 14.6 Å². The summed E-state index contributed by atoms with van der Waals surface area (Å²) < 4.78 is 36.1. The number of aliphatic hydroxyl groups excluding tert-OH is 1. The predicted molar refractivity (Wildman–Crippen MR) is 278 cm³/mol. The monoisotopic (exact) mass is 964 g/mol. The maximum absolute atomic E-state index is 12.4. The van der Waals surface area contributed by atoms with Crippen LogP contribution >= 0.6 is 31.3 Å². The van der Waals surface area contributed by atoms with Gasteiger partial charge in [0.25, 0.3) is 0 Å². The standard InChI is InChI=1S/C54H94NO7PS2/c1-6-8-10-12-14-16-18-20-22-24-26-28-30-32-41-59-51-39-36-48(44-52(51)60-42-33-31-29-27-25-23-21-19-17-15-13-11-9-7-2)53(56)54-64-45-49(46-65-54)47-34-37-50(38-35-47)62-63(57,58)61-43-40-55(3,4)5/h34-39,44,49,53-54,56H,6-33,40-43,45-46H2,1-5H3. The molecular formula is C54H94NO7PS2. The van der Waals surface area contributed by atoms with Crippen LogP contribution in [0.5, 0.6) is 17.2 Å². The fourth-order valence-electron chi connectivity index (χ4n) is 8.33. The number of likely N-dealkylation sites (N-methyl/N-ethyl adjacent to an activating group) is 1. The molecule has 11 heteroatoms. The van der Waals surface area contributed by atoms with Crippen molar-refractivity contribution in [1.29, 1.82) is 0 Å². The third-order valence-electron chi connectivity index (χ3n) is 12.6. The van der Waals surface area contributed by atoms with Crippen molar-refractivity contribution in [1.82, 2.24) is 0 Å². The first-order valence-electron chi connectivity index (χ1n) is 26.4. The number of rotatable bonds is 41. The van der Waals surface area contributed by atoms with Crippen LogP contribution in [-0.4, -0.2) is 73.2 Å². The van der Waals surface area contributed by atoms with Gasteiger partial charge in [-0.15, -0.1) is 23.5 Å². The molecule has 1 saturated heterocycles. The summed E-state index contributed by atoms with van der Waals surface area (Å²) in [5.74, 6) is 3.75. The second-order valence-corrected chi connectivity index (χ2v) is 23.7. The van der Waals surface area contributed by atoms with Crippen molar-refractivity contribution in [2.75, 3.05) is 59.0 Å². The smallest absolute Gasteiger partial charge is 0.319 e. The minimum Gasteiger partial charge on any atom is -0.746 e. The largest absolute Gasteiger partial charge is 0.746 e. The van der Waals surface area contributed by atoms with E-state index in [1.807, 2.05) is 51.5 Å². The summed E-state index contributed by atoms with van der Waals surface area (Å²) in [6.45, 7) is 6.52. The highest BCUT2D eigenvalue weighted by Gasteiger charge is 2.30. The molecule has 0 saturated carbocycles. The summed E-state index contributed by atoms with van der Waals surface area (Å²) >= 11 is 3.54. The van der Waals surface area contributed by atoms with E-state index in [2.05, 4.69) is 13.8 Å². The Hall–Kier alpha value is -1.39. The van der Waals surface area contributed by atoms with Crippen molar-refractivity contribution in [3.8, 4) is 17.2 Å². The van der Waals surface area contributed by atoms with E-state index in [0.29, 0.717) is 24.2 Å². The van der Waals surface area contributed by atoms with E-state index >= 15 is 0 Å². The number of unbranched alkanes of at least 4 members (excludes halogenated alkanes) is 26. The topological polar surface area (TPSA) is 97.3 Å². The van der Waals surface area contributed by atoms with E-state index in [4.69, 9.17) is 18.5 Å². The summed E-state index contributed by atoms with van der Waals surface area (Å²) in [4.78, 5) is 12.4. The van der Waals surface area contributed by atoms with Crippen molar-refractivity contribution in [2.45, 2.75) is 210 Å². The molecule has 0 aliphatic carbocycles. The number of thioether (sulfide) groups is 2. The van der Waals surface area contributed by atoms with Gasteiger partial charge in [0, 0.05) is 17.4 Å². The van der Waals surface area contributed by atoms with Crippen molar-refractivity contribution in [3.05, 3.63) is 53.6 Å². The predicted octanol–water partition coefficient (Wildman–Crippen LogP) is 15.6. The Morgan fingerprint density at radius 1 is 0.600 bits per heavy atom. The number of nitrogens with zero attached hydrogens (tertiary/aromatic N) is 1. The zero-order chi connectivity index (χ0) is 46.9. The van der Waals surface area contributed by atoms with Crippen LogP contribution in [0.1, 0.15) is 217 Å². The number of phosphoric ester groups is 1. The van der Waals surface area contributed by atoms with Gasteiger partial charge in [0.2, 0.25) is 0 Å². The quantitative estimate of drug-likeness (QED) is 0.0397. The number of hydrogen-bond acceptors (Lipinski definition) is 9. The van der Waals surface area contributed by atoms with E-state index in [0.717, 1.165) is 47.0 Å². The van der Waals surface area contributed by atoms with Gasteiger partial charge in [0.05, 0.1) is 38.9 Å². The van der Waals surface area contributed by atoms with Crippen LogP contribution in [0.3, 0.4) is 0 Å². The molecule has 1 aliphatic rings. The minimum absolute atomic E-state index is 0.00923. The third-order valence-corrected chi connectivity index (χ3v) is 16.7. The summed E-state index contributed by atoms with van der Waals surface area (Å²) in [6, 6.07) is 13.3. The average Bonchev–Trinajstić information content (AvgIpc) is 3.28. The highest BCUT2D eigenvalue weighted by atomic mass is 32.2. The summed E-state index contributed by atoms with van der Waals surface area (Å²) in [5, 5.41) is 11.7. The van der Waals surface area contributed by atoms with Crippen LogP contribution in [0.25, 0.3) is 0 Å². The molecule has 0 amide bonds. The summed E-state index contributed by atoms with van der Waals surface area (Å²) in [5.41, 5.74) is 1.98. The molecule has 0 bridgehead atoms. The van der Waals surface area contributed by atoms with Gasteiger partial charge in [-0.2, -0.15) is 0 Å². The van der Waals surface area contributed by atoms with Gasteiger partial charge in [-0.1, -0.05) is 199 Å². The number of quaternary nitrogens is 1. The van der Waals surface area contributed by atoms with Gasteiger partial charge >= 0.3 is 7.82 Å². The van der Waals surface area contributed by atoms with Gasteiger partial charge in [-0.25, -0.2) is 0 Å². The maximum atomic E-state index is 12.4. The second-order valence-electron chi connectivity index (χ2n) is 19.7. The molecule has 3 rings (SSSR count). The Balaban J connectivity index is 1.43. The van der Waals surface area contributed by atoms with Crippen LogP contribution in [0.15, 0.2) is 42.5 Å². The van der Waals surface area contributed by atoms with Crippen molar-refractivity contribution >= 4 is 31.3 Å². The number of aliphatic hydroxyl groups is 1. The van der Waals surface area contributed by atoms with Gasteiger partial charge in [0.15, 0.2) is 11.5 Å². The maximum Gasteiger partial charge on any atom is 0.319 e. The molecule has 2 aromatic rings. The minimum atomic E-state index is -4.46. The molecule has 0 aromatic heterocycles. The van der Waals surface area contributed by atoms with E-state index < -0.39 is 13.9 Å². The Morgan fingerprint density at radius 3 is 1.45 bits per heavy atom. The first kappa shape index (κ1) is 57.9. The fraction of sp³-hybridized carbons (Fsp3) is 0.778. The highest BCUT2D eigenvalue weighted by molar-refractivity contribution is 8.17. The molecule has 2 atom stereocenters. The zero-order valence-electron chi connectivity index (χ0n) is 41.9. The molecule has 2 unspecified atom stereocenters. The molecule has 1 fully saturated rings. The molecule has 1 heterocycles. The Labute approximate surface area is 407 Å². The van der Waals surface area contributed by atoms with Crippen molar-refractivity contribution in [3.63, 3.8) is 0 Å². The van der Waals surface area contributed by atoms with Crippen LogP contribution < -0.4 is 18.9 Å². The van der Waals surface area contributed by atoms with E-state index in [1.54, 1.807) is 35.7 Å². The fourth-order valence-corrected chi connectivity index (χ4v) is 12.2. The molecule has 1 aliphatic heterocycles. The molecule has 0 radical (unpaired) electrons. The summed E-state index contributed by atoms with van der Waals surface area (Å²) in [6.07, 6.45) is 36.6. The van der Waals surface area contributed by atoms with Crippen LogP contribution in [0.4, 0.5) is 0 Å². The zero-order valence-corrected chi connectivity index (χ0v) is 44.5. The van der Waals surface area contributed by atoms with Gasteiger partial charge in [0.1, 0.15) is 25.0 Å². The van der Waals surface area contributed by atoms with E-state index in [1.165, 1.54) is 167 Å². The lowest BCUT2D eigenvalue weighted by Gasteiger charge is -2.31. The Kier molecular flexibility index (Phi) is 31.8. The first-order valence-corrected chi connectivity index (χ1v) is 29.9. The van der Waals surface area contributed by atoms with Crippen LogP contribution in [0, 0.1) is 0 Å². The van der Waals surface area contributed by atoms with E-state index in [-0.39, 0.29) is 22.9 Å². The van der Waals surface area contributed by atoms with Gasteiger partial charge < -0.3 is 33.0 Å². The molecule has 374 valence electrons. The molecule has 65 heavy (non-hydrogen) atoms. The first-order chi connectivity index (χ1) is 31.5.